The molecule has 1 N–H and O–H groups in total. The van der Waals surface area contributed by atoms with Crippen LogP contribution in [0.3, 0.4) is 0 Å². The van der Waals surface area contributed by atoms with Gasteiger partial charge >= 0.3 is 0 Å². The van der Waals surface area contributed by atoms with E-state index in [1.54, 1.807) is 19.2 Å². The zero-order chi connectivity index (χ0) is 19.9. The molecule has 1 aromatic carbocycles. The monoisotopic (exact) mass is 392 g/mol. The van der Waals surface area contributed by atoms with Crippen molar-refractivity contribution in [1.29, 1.82) is 0 Å². The molecule has 0 unspecified atom stereocenters. The molecule has 0 radical (unpaired) electrons. The molecule has 2 aliphatic rings. The van der Waals surface area contributed by atoms with Gasteiger partial charge in [-0.2, -0.15) is 0 Å². The van der Waals surface area contributed by atoms with Gasteiger partial charge in [0.25, 0.3) is 0 Å². The Morgan fingerprint density at radius 3 is 2.57 bits per heavy atom. The first kappa shape index (κ1) is 20.7. The molecule has 154 valence electrons. The highest BCUT2D eigenvalue weighted by Gasteiger charge is 2.33. The molecule has 2 saturated heterocycles. The zero-order valence-electron chi connectivity index (χ0n) is 16.4. The van der Waals surface area contributed by atoms with Gasteiger partial charge in [-0.15, -0.1) is 0 Å². The van der Waals surface area contributed by atoms with Gasteiger partial charge in [0.1, 0.15) is 5.82 Å². The summed E-state index contributed by atoms with van der Waals surface area (Å²) in [7, 11) is 1.69. The van der Waals surface area contributed by atoms with Gasteiger partial charge in [0.05, 0.1) is 19.1 Å². The molecule has 0 spiro atoms. The lowest BCUT2D eigenvalue weighted by molar-refractivity contribution is -0.140. The van der Waals surface area contributed by atoms with Crippen LogP contribution in [-0.2, 0) is 20.9 Å². The van der Waals surface area contributed by atoms with Crippen molar-refractivity contribution in [1.82, 2.24) is 20.0 Å². The van der Waals surface area contributed by atoms with Gasteiger partial charge in [0.2, 0.25) is 11.8 Å². The number of carbonyl (C=O) groups excluding carboxylic acids is 2. The Balaban J connectivity index is 1.56. The van der Waals surface area contributed by atoms with Crippen molar-refractivity contribution >= 4 is 11.8 Å². The number of rotatable bonds is 7. The summed E-state index contributed by atoms with van der Waals surface area (Å²) < 4.78 is 18.2. The maximum absolute atomic E-state index is 13.1. The second kappa shape index (κ2) is 9.95. The van der Waals surface area contributed by atoms with Gasteiger partial charge in [-0.1, -0.05) is 12.1 Å². The molecular formula is C20H29FN4O3. The zero-order valence-corrected chi connectivity index (χ0v) is 16.4. The third-order valence-corrected chi connectivity index (χ3v) is 5.45. The maximum Gasteiger partial charge on any atom is 0.237 e. The van der Waals surface area contributed by atoms with Gasteiger partial charge in [-0.25, -0.2) is 4.39 Å². The van der Waals surface area contributed by atoms with Crippen LogP contribution in [0.2, 0.25) is 0 Å². The number of piperazine rings is 2. The Hall–Kier alpha value is -2.03. The van der Waals surface area contributed by atoms with E-state index in [4.69, 9.17) is 4.74 Å². The van der Waals surface area contributed by atoms with Crippen molar-refractivity contribution in [3.05, 3.63) is 35.6 Å². The number of hydrogen-bond acceptors (Lipinski definition) is 5. The van der Waals surface area contributed by atoms with Crippen molar-refractivity contribution in [2.75, 3.05) is 59.5 Å². The van der Waals surface area contributed by atoms with E-state index in [9.17, 15) is 14.0 Å². The average Bonchev–Trinajstić information content (AvgIpc) is 2.71. The molecule has 0 bridgehead atoms. The highest BCUT2D eigenvalue weighted by molar-refractivity contribution is 5.88. The summed E-state index contributed by atoms with van der Waals surface area (Å²) >= 11 is 0. The number of nitrogens with one attached hydrogen (secondary N) is 1. The van der Waals surface area contributed by atoms with Crippen LogP contribution in [0.25, 0.3) is 0 Å². The van der Waals surface area contributed by atoms with E-state index in [1.807, 2.05) is 9.80 Å². The largest absolute Gasteiger partial charge is 0.383 e. The molecule has 28 heavy (non-hydrogen) atoms. The molecule has 1 atom stereocenters. The Bertz CT molecular complexity index is 662. The SMILES string of the molecule is COCCN1CCN(C(=O)C[C@H]2C(=O)NCCN2Cc2ccc(F)cc2)CC1. The van der Waals surface area contributed by atoms with Gasteiger partial charge in [0, 0.05) is 59.5 Å². The predicted octanol–water partition coefficient (Wildman–Crippen LogP) is 0.307. The first-order valence-corrected chi connectivity index (χ1v) is 9.82. The quantitative estimate of drug-likeness (QED) is 0.724. The van der Waals surface area contributed by atoms with Crippen LogP contribution in [0.1, 0.15) is 12.0 Å². The van der Waals surface area contributed by atoms with Crippen LogP contribution < -0.4 is 5.32 Å². The average molecular weight is 392 g/mol. The Labute approximate surface area is 165 Å². The third-order valence-electron chi connectivity index (χ3n) is 5.45. The number of benzene rings is 1. The third kappa shape index (κ3) is 5.50. The summed E-state index contributed by atoms with van der Waals surface area (Å²) in [6, 6.07) is 5.79. The second-order valence-electron chi connectivity index (χ2n) is 7.32. The smallest absolute Gasteiger partial charge is 0.237 e. The molecule has 2 amide bonds. The lowest BCUT2D eigenvalue weighted by atomic mass is 10.1. The summed E-state index contributed by atoms with van der Waals surface area (Å²) in [5, 5.41) is 2.86. The molecule has 7 nitrogen and oxygen atoms in total. The first-order valence-electron chi connectivity index (χ1n) is 9.82. The molecule has 0 aromatic heterocycles. The van der Waals surface area contributed by atoms with Crippen molar-refractivity contribution in [3.8, 4) is 0 Å². The lowest BCUT2D eigenvalue weighted by Crippen LogP contribution is -2.57. The van der Waals surface area contributed by atoms with E-state index < -0.39 is 6.04 Å². The molecule has 2 aliphatic heterocycles. The predicted molar refractivity (Wildman–Crippen MR) is 103 cm³/mol. The molecule has 0 saturated carbocycles. The van der Waals surface area contributed by atoms with Crippen LogP contribution in [0.4, 0.5) is 4.39 Å². The highest BCUT2D eigenvalue weighted by atomic mass is 19.1. The topological polar surface area (TPSA) is 65.1 Å². The van der Waals surface area contributed by atoms with Crippen LogP contribution in [0, 0.1) is 5.82 Å². The first-order chi connectivity index (χ1) is 13.6. The lowest BCUT2D eigenvalue weighted by Gasteiger charge is -2.38. The van der Waals surface area contributed by atoms with Gasteiger partial charge in [-0.05, 0) is 17.7 Å². The van der Waals surface area contributed by atoms with E-state index in [2.05, 4.69) is 10.2 Å². The second-order valence-corrected chi connectivity index (χ2v) is 7.32. The molecule has 2 heterocycles. The summed E-state index contributed by atoms with van der Waals surface area (Å²) in [6.45, 7) is 6.31. The minimum absolute atomic E-state index is 0.0116. The number of amides is 2. The number of carbonyl (C=O) groups is 2. The fraction of sp³-hybridized carbons (Fsp3) is 0.600. The molecule has 8 heteroatoms. The summed E-state index contributed by atoms with van der Waals surface area (Å²) in [5.74, 6) is -0.380. The van der Waals surface area contributed by atoms with Crippen molar-refractivity contribution < 1.29 is 18.7 Å². The Morgan fingerprint density at radius 1 is 1.18 bits per heavy atom. The number of methoxy groups -OCH3 is 1. The van der Waals surface area contributed by atoms with Gasteiger partial charge in [-0.3, -0.25) is 19.4 Å². The van der Waals surface area contributed by atoms with Crippen molar-refractivity contribution in [2.24, 2.45) is 0 Å². The maximum atomic E-state index is 13.1. The molecular weight excluding hydrogens is 363 g/mol. The number of halogens is 1. The molecule has 1 aromatic rings. The normalized spacial score (nSPS) is 21.6. The molecule has 0 aliphatic carbocycles. The van der Waals surface area contributed by atoms with E-state index in [0.717, 1.165) is 25.2 Å². The van der Waals surface area contributed by atoms with E-state index in [0.29, 0.717) is 39.3 Å². The number of nitrogens with zero attached hydrogens (tertiary/aromatic N) is 3. The number of ether oxygens (including phenoxy) is 1. The minimum atomic E-state index is -0.488. The van der Waals surface area contributed by atoms with E-state index >= 15 is 0 Å². The van der Waals surface area contributed by atoms with Crippen LogP contribution in [0.15, 0.2) is 24.3 Å². The van der Waals surface area contributed by atoms with Crippen LogP contribution in [0.5, 0.6) is 0 Å². The highest BCUT2D eigenvalue weighted by Crippen LogP contribution is 2.16. The fourth-order valence-electron chi connectivity index (χ4n) is 3.73. The van der Waals surface area contributed by atoms with E-state index in [1.165, 1.54) is 12.1 Å². The standard InChI is InChI=1S/C20H29FN4O3/c1-28-13-12-23-8-10-24(11-9-23)19(26)14-18-20(27)22-6-7-25(18)15-16-2-4-17(21)5-3-16/h2-5,18H,6-15H2,1H3,(H,22,27)/t18-/m0/s1. The summed E-state index contributed by atoms with van der Waals surface area (Å²) in [5.41, 5.74) is 0.931. The van der Waals surface area contributed by atoms with E-state index in [-0.39, 0.29) is 24.1 Å². The Kier molecular flexibility index (Phi) is 7.36. The number of hydrogen-bond donors (Lipinski definition) is 1. The molecule has 2 fully saturated rings. The van der Waals surface area contributed by atoms with Crippen LogP contribution >= 0.6 is 0 Å². The van der Waals surface area contributed by atoms with Gasteiger partial charge < -0.3 is 15.0 Å². The fourth-order valence-corrected chi connectivity index (χ4v) is 3.73. The van der Waals surface area contributed by atoms with Crippen molar-refractivity contribution in [3.63, 3.8) is 0 Å². The molecule has 3 rings (SSSR count). The van der Waals surface area contributed by atoms with Crippen molar-refractivity contribution in [2.45, 2.75) is 19.0 Å². The minimum Gasteiger partial charge on any atom is -0.383 e. The summed E-state index contributed by atoms with van der Waals surface area (Å²) in [6.07, 6.45) is 0.172. The van der Waals surface area contributed by atoms with Crippen LogP contribution in [-0.4, -0.2) is 92.1 Å². The summed E-state index contributed by atoms with van der Waals surface area (Å²) in [4.78, 5) is 31.4. The Morgan fingerprint density at radius 2 is 1.89 bits per heavy atom. The van der Waals surface area contributed by atoms with Gasteiger partial charge in [0.15, 0.2) is 0 Å².